The zero-order chi connectivity index (χ0) is 25.2. The Morgan fingerprint density at radius 3 is 2.26 bits per heavy atom. The summed E-state index contributed by atoms with van der Waals surface area (Å²) in [5.74, 6) is -0.210. The maximum atomic E-state index is 12.3. The van der Waals surface area contributed by atoms with E-state index in [9.17, 15) is 30.6 Å². The van der Waals surface area contributed by atoms with Crippen molar-refractivity contribution in [3.63, 3.8) is 0 Å². The first-order valence-corrected chi connectivity index (χ1v) is 13.5. The number of aliphatic hydroxyl groups excluding tert-OH is 5. The highest BCUT2D eigenvalue weighted by atomic mass is 16.3. The molecule has 0 aromatic carbocycles. The summed E-state index contributed by atoms with van der Waals surface area (Å²) in [5.41, 5.74) is -0.843. The quantitative estimate of drug-likeness (QED) is 0.325. The molecule has 196 valence electrons. The predicted molar refractivity (Wildman–Crippen MR) is 131 cm³/mol. The van der Waals surface area contributed by atoms with E-state index in [0.29, 0.717) is 25.2 Å². The molecule has 0 amide bonds. The normalized spacial score (nSPS) is 52.3. The standard InChI is InChI=1S/C28H48O6/c1-15(17(3)14-29)6-7-16(2)18-12-20(31)25-26(18,4)11-9-22-27(5)10-8-19(30)24(33)23(27)21(32)13-28(22,25)34/h16-25,29-34H,1,6-14H2,2-5H3/t16-,17-,18-,19+,20-,21?,22-,23?,24+,25-,26-,27-,28+/m1/s1. The molecule has 4 aliphatic rings. The van der Waals surface area contributed by atoms with Crippen molar-refractivity contribution in [3.8, 4) is 0 Å². The van der Waals surface area contributed by atoms with E-state index in [1.807, 2.05) is 6.92 Å². The molecule has 0 bridgehead atoms. The molecule has 4 aliphatic carbocycles. The molecule has 0 spiro atoms. The second kappa shape index (κ2) is 9.11. The van der Waals surface area contributed by atoms with Crippen molar-refractivity contribution < 1.29 is 30.6 Å². The zero-order valence-electron chi connectivity index (χ0n) is 21.5. The average molecular weight is 481 g/mol. The topological polar surface area (TPSA) is 121 Å². The lowest BCUT2D eigenvalue weighted by Gasteiger charge is -2.66. The van der Waals surface area contributed by atoms with Gasteiger partial charge in [0.2, 0.25) is 0 Å². The van der Waals surface area contributed by atoms with Crippen LogP contribution in [-0.2, 0) is 0 Å². The van der Waals surface area contributed by atoms with Crippen LogP contribution >= 0.6 is 0 Å². The zero-order valence-corrected chi connectivity index (χ0v) is 21.5. The van der Waals surface area contributed by atoms with Gasteiger partial charge < -0.3 is 30.6 Å². The van der Waals surface area contributed by atoms with Crippen LogP contribution in [-0.4, -0.2) is 67.3 Å². The summed E-state index contributed by atoms with van der Waals surface area (Å²) in [7, 11) is 0. The number of hydrogen-bond acceptors (Lipinski definition) is 6. The van der Waals surface area contributed by atoms with E-state index in [0.717, 1.165) is 31.3 Å². The Morgan fingerprint density at radius 1 is 0.971 bits per heavy atom. The first-order valence-electron chi connectivity index (χ1n) is 13.5. The first kappa shape index (κ1) is 26.6. The molecule has 2 unspecified atom stereocenters. The number of hydrogen-bond donors (Lipinski definition) is 6. The van der Waals surface area contributed by atoms with Gasteiger partial charge in [0.05, 0.1) is 30.0 Å². The first-order chi connectivity index (χ1) is 15.8. The summed E-state index contributed by atoms with van der Waals surface area (Å²) in [5, 5.41) is 65.5. The van der Waals surface area contributed by atoms with E-state index in [1.54, 1.807) is 0 Å². The Labute approximate surface area is 205 Å². The van der Waals surface area contributed by atoms with E-state index >= 15 is 0 Å². The maximum absolute atomic E-state index is 12.3. The second-order valence-electron chi connectivity index (χ2n) is 13.1. The maximum Gasteiger partial charge on any atom is 0.0857 e. The summed E-state index contributed by atoms with van der Waals surface area (Å²) in [6.45, 7) is 12.8. The molecule has 0 radical (unpaired) electrons. The Kier molecular flexibility index (Phi) is 7.12. The molecule has 13 atom stereocenters. The molecule has 0 aromatic heterocycles. The molecule has 4 saturated carbocycles. The second-order valence-corrected chi connectivity index (χ2v) is 13.1. The van der Waals surface area contributed by atoms with E-state index < -0.39 is 41.3 Å². The molecule has 4 fully saturated rings. The van der Waals surface area contributed by atoms with Crippen molar-refractivity contribution in [2.24, 2.45) is 46.3 Å². The largest absolute Gasteiger partial charge is 0.396 e. The van der Waals surface area contributed by atoms with E-state index in [1.165, 1.54) is 0 Å². The third-order valence-electron chi connectivity index (χ3n) is 11.4. The Morgan fingerprint density at radius 2 is 1.62 bits per heavy atom. The van der Waals surface area contributed by atoms with E-state index in [-0.39, 0.29) is 42.1 Å². The van der Waals surface area contributed by atoms with Gasteiger partial charge in [-0.15, -0.1) is 0 Å². The van der Waals surface area contributed by atoms with Crippen LogP contribution in [0.4, 0.5) is 0 Å². The van der Waals surface area contributed by atoms with Crippen LogP contribution < -0.4 is 0 Å². The van der Waals surface area contributed by atoms with Gasteiger partial charge in [0, 0.05) is 24.9 Å². The fourth-order valence-corrected chi connectivity index (χ4v) is 9.51. The third kappa shape index (κ3) is 3.83. The van der Waals surface area contributed by atoms with Crippen molar-refractivity contribution >= 4 is 0 Å². The predicted octanol–water partition coefficient (Wildman–Crippen LogP) is 2.63. The van der Waals surface area contributed by atoms with E-state index in [4.69, 9.17) is 0 Å². The van der Waals surface area contributed by atoms with Crippen LogP contribution in [0.5, 0.6) is 0 Å². The Hall–Kier alpha value is -0.500. The van der Waals surface area contributed by atoms with Gasteiger partial charge in [-0.2, -0.15) is 0 Å². The van der Waals surface area contributed by atoms with Gasteiger partial charge in [0.1, 0.15) is 0 Å². The summed E-state index contributed by atoms with van der Waals surface area (Å²) < 4.78 is 0. The monoisotopic (exact) mass is 480 g/mol. The molecular formula is C28H48O6. The minimum absolute atomic E-state index is 0.0858. The smallest absolute Gasteiger partial charge is 0.0857 e. The van der Waals surface area contributed by atoms with Crippen LogP contribution in [0.2, 0.25) is 0 Å². The van der Waals surface area contributed by atoms with Crippen molar-refractivity contribution in [2.45, 2.75) is 109 Å². The van der Waals surface area contributed by atoms with Gasteiger partial charge in [0.25, 0.3) is 0 Å². The number of aliphatic hydroxyl groups is 6. The van der Waals surface area contributed by atoms with Crippen LogP contribution in [0.25, 0.3) is 0 Å². The van der Waals surface area contributed by atoms with Gasteiger partial charge in [-0.3, -0.25) is 0 Å². The van der Waals surface area contributed by atoms with Crippen LogP contribution in [0.3, 0.4) is 0 Å². The summed E-state index contributed by atoms with van der Waals surface area (Å²) in [6, 6.07) is 0. The fraction of sp³-hybridized carbons (Fsp3) is 0.929. The molecular weight excluding hydrogens is 432 g/mol. The number of fused-ring (bicyclic) bond motifs is 5. The molecule has 6 heteroatoms. The highest BCUT2D eigenvalue weighted by Crippen LogP contribution is 2.69. The molecule has 0 aromatic rings. The summed E-state index contributed by atoms with van der Waals surface area (Å²) >= 11 is 0. The Balaban J connectivity index is 1.59. The lowest BCUT2D eigenvalue weighted by Crippen LogP contribution is -2.70. The lowest BCUT2D eigenvalue weighted by molar-refractivity contribution is -0.280. The minimum Gasteiger partial charge on any atom is -0.396 e. The van der Waals surface area contributed by atoms with Crippen LogP contribution in [0.1, 0.15) is 79.1 Å². The highest BCUT2D eigenvalue weighted by Gasteiger charge is 2.71. The van der Waals surface area contributed by atoms with Crippen molar-refractivity contribution in [3.05, 3.63) is 12.2 Å². The van der Waals surface area contributed by atoms with Crippen LogP contribution in [0, 0.1) is 46.3 Å². The molecule has 0 heterocycles. The molecule has 0 aliphatic heterocycles. The molecule has 0 saturated heterocycles. The SMILES string of the molecule is C=C(CC[C@@H](C)[C@H]1C[C@@H](O)[C@@H]2[C@]1(C)CC[C@H]1[C@@]2(O)CC(O)C2[C@@H](O)[C@@H](O)CC[C@@]21C)[C@H](C)CO. The average Bonchev–Trinajstić information content (AvgIpc) is 3.05. The lowest BCUT2D eigenvalue weighted by atomic mass is 9.41. The van der Waals surface area contributed by atoms with Crippen LogP contribution in [0.15, 0.2) is 12.2 Å². The van der Waals surface area contributed by atoms with Crippen molar-refractivity contribution in [1.82, 2.24) is 0 Å². The molecule has 6 nitrogen and oxygen atoms in total. The van der Waals surface area contributed by atoms with Gasteiger partial charge in [0.15, 0.2) is 0 Å². The summed E-state index contributed by atoms with van der Waals surface area (Å²) in [6.07, 6.45) is 2.05. The van der Waals surface area contributed by atoms with E-state index in [2.05, 4.69) is 27.4 Å². The Bertz CT molecular complexity index is 772. The molecule has 34 heavy (non-hydrogen) atoms. The van der Waals surface area contributed by atoms with Crippen molar-refractivity contribution in [1.29, 1.82) is 0 Å². The third-order valence-corrected chi connectivity index (χ3v) is 11.4. The summed E-state index contributed by atoms with van der Waals surface area (Å²) in [4.78, 5) is 0. The van der Waals surface area contributed by atoms with Gasteiger partial charge >= 0.3 is 0 Å². The fourth-order valence-electron chi connectivity index (χ4n) is 9.51. The van der Waals surface area contributed by atoms with Gasteiger partial charge in [-0.05, 0) is 79.4 Å². The highest BCUT2D eigenvalue weighted by molar-refractivity contribution is 5.21. The van der Waals surface area contributed by atoms with Gasteiger partial charge in [-0.1, -0.05) is 39.8 Å². The van der Waals surface area contributed by atoms with Crippen molar-refractivity contribution in [2.75, 3.05) is 6.61 Å². The molecule has 6 N–H and O–H groups in total. The molecule has 4 rings (SSSR count). The van der Waals surface area contributed by atoms with Gasteiger partial charge in [-0.25, -0.2) is 0 Å². The number of rotatable bonds is 6. The minimum atomic E-state index is -1.19.